The normalized spacial score (nSPS) is 14.0. The molecule has 8 nitrogen and oxygen atoms in total. The van der Waals surface area contributed by atoms with Crippen LogP contribution in [0.15, 0.2) is 18.5 Å². The molecule has 22 heavy (non-hydrogen) atoms. The molecule has 1 fully saturated rings. The average molecular weight is 303 g/mol. The fourth-order valence-corrected chi connectivity index (χ4v) is 2.29. The van der Waals surface area contributed by atoms with Crippen molar-refractivity contribution in [1.82, 2.24) is 24.9 Å². The molecular formula is C14H17N5O3. The molecule has 1 aliphatic rings. The molecule has 116 valence electrons. The molecule has 0 aliphatic heterocycles. The molecule has 0 bridgehead atoms. The summed E-state index contributed by atoms with van der Waals surface area (Å²) in [4.78, 5) is 23.1. The van der Waals surface area contributed by atoms with E-state index in [1.807, 2.05) is 12.3 Å². The lowest BCUT2D eigenvalue weighted by Gasteiger charge is -2.04. The Morgan fingerprint density at radius 1 is 1.41 bits per heavy atom. The summed E-state index contributed by atoms with van der Waals surface area (Å²) >= 11 is 0. The Hall–Kier alpha value is -2.64. The van der Waals surface area contributed by atoms with Crippen molar-refractivity contribution < 1.29 is 14.7 Å². The van der Waals surface area contributed by atoms with Gasteiger partial charge in [0, 0.05) is 31.9 Å². The van der Waals surface area contributed by atoms with Crippen LogP contribution in [0.1, 0.15) is 45.3 Å². The van der Waals surface area contributed by atoms with E-state index in [4.69, 9.17) is 5.11 Å². The number of carboxylic acids is 1. The molecule has 1 amide bonds. The van der Waals surface area contributed by atoms with E-state index < -0.39 is 11.9 Å². The summed E-state index contributed by atoms with van der Waals surface area (Å²) in [6.07, 6.45) is 5.70. The molecule has 0 unspecified atom stereocenters. The maximum Gasteiger partial charge on any atom is 0.357 e. The minimum atomic E-state index is -1.22. The highest BCUT2D eigenvalue weighted by molar-refractivity contribution is 6.03. The monoisotopic (exact) mass is 303 g/mol. The Bertz CT molecular complexity index is 714. The van der Waals surface area contributed by atoms with Gasteiger partial charge in [-0.25, -0.2) is 4.79 Å². The summed E-state index contributed by atoms with van der Waals surface area (Å²) in [5, 5.41) is 19.9. The highest BCUT2D eigenvalue weighted by Gasteiger charge is 2.25. The van der Waals surface area contributed by atoms with E-state index in [-0.39, 0.29) is 11.3 Å². The van der Waals surface area contributed by atoms with Crippen LogP contribution in [0.25, 0.3) is 0 Å². The third-order valence-electron chi connectivity index (χ3n) is 3.56. The van der Waals surface area contributed by atoms with Crippen LogP contribution >= 0.6 is 0 Å². The first-order chi connectivity index (χ1) is 10.5. The number of aryl methyl sites for hydroxylation is 1. The highest BCUT2D eigenvalue weighted by atomic mass is 16.4. The third-order valence-corrected chi connectivity index (χ3v) is 3.56. The summed E-state index contributed by atoms with van der Waals surface area (Å²) in [7, 11) is 1.58. The van der Waals surface area contributed by atoms with Gasteiger partial charge in [-0.3, -0.25) is 14.2 Å². The molecule has 2 heterocycles. The smallest absolute Gasteiger partial charge is 0.357 e. The van der Waals surface area contributed by atoms with Crippen LogP contribution in [-0.4, -0.2) is 43.1 Å². The largest absolute Gasteiger partial charge is 0.476 e. The zero-order valence-electron chi connectivity index (χ0n) is 12.2. The van der Waals surface area contributed by atoms with Crippen LogP contribution in [0.3, 0.4) is 0 Å². The van der Waals surface area contributed by atoms with Crippen LogP contribution in [0, 0.1) is 0 Å². The van der Waals surface area contributed by atoms with Gasteiger partial charge in [-0.2, -0.15) is 10.2 Å². The van der Waals surface area contributed by atoms with Crippen molar-refractivity contribution in [2.75, 3.05) is 6.54 Å². The molecule has 0 spiro atoms. The number of aromatic carboxylic acids is 1. The molecule has 0 aromatic carbocycles. The Labute approximate surface area is 126 Å². The minimum absolute atomic E-state index is 0.0640. The SMILES string of the molecule is Cn1cc(C(=O)NCCn2ccc(C3CC3)n2)c(C(=O)O)n1. The molecule has 1 aliphatic carbocycles. The maximum atomic E-state index is 12.0. The summed E-state index contributed by atoms with van der Waals surface area (Å²) in [6, 6.07) is 2.00. The molecule has 2 N–H and O–H groups in total. The van der Waals surface area contributed by atoms with E-state index >= 15 is 0 Å². The lowest BCUT2D eigenvalue weighted by molar-refractivity contribution is 0.0684. The number of rotatable bonds is 6. The first-order valence-electron chi connectivity index (χ1n) is 7.13. The third kappa shape index (κ3) is 3.00. The second kappa shape index (κ2) is 5.63. The molecule has 3 rings (SSSR count). The van der Waals surface area contributed by atoms with E-state index in [1.54, 1.807) is 11.7 Å². The van der Waals surface area contributed by atoms with E-state index in [1.165, 1.54) is 23.7 Å². The Kier molecular flexibility index (Phi) is 3.66. The first-order valence-corrected chi connectivity index (χ1v) is 7.13. The molecule has 1 saturated carbocycles. The molecule has 0 saturated heterocycles. The van der Waals surface area contributed by atoms with Gasteiger partial charge in [-0.05, 0) is 18.9 Å². The van der Waals surface area contributed by atoms with Gasteiger partial charge in [-0.1, -0.05) is 0 Å². The fourth-order valence-electron chi connectivity index (χ4n) is 2.29. The van der Waals surface area contributed by atoms with Gasteiger partial charge in [0.05, 0.1) is 17.8 Å². The predicted molar refractivity (Wildman–Crippen MR) is 76.7 cm³/mol. The van der Waals surface area contributed by atoms with Crippen LogP contribution in [0.4, 0.5) is 0 Å². The van der Waals surface area contributed by atoms with Gasteiger partial charge in [0.25, 0.3) is 5.91 Å². The highest BCUT2D eigenvalue weighted by Crippen LogP contribution is 2.38. The van der Waals surface area contributed by atoms with Crippen molar-refractivity contribution in [2.24, 2.45) is 7.05 Å². The van der Waals surface area contributed by atoms with Gasteiger partial charge in [0.1, 0.15) is 0 Å². The standard InChI is InChI=1S/C14H17N5O3/c1-18-8-10(12(17-18)14(21)22)13(20)15-5-7-19-6-4-11(16-19)9-2-3-9/h4,6,8-9H,2-3,5,7H2,1H3,(H,15,20)(H,21,22). The van der Waals surface area contributed by atoms with Crippen molar-refractivity contribution in [3.63, 3.8) is 0 Å². The van der Waals surface area contributed by atoms with Crippen molar-refractivity contribution >= 4 is 11.9 Å². The summed E-state index contributed by atoms with van der Waals surface area (Å²) in [5.74, 6) is -1.06. The van der Waals surface area contributed by atoms with Crippen LogP contribution in [0.2, 0.25) is 0 Å². The Morgan fingerprint density at radius 2 is 2.18 bits per heavy atom. The predicted octanol–water partition coefficient (Wildman–Crippen LogP) is 0.622. The quantitative estimate of drug-likeness (QED) is 0.814. The van der Waals surface area contributed by atoms with Crippen molar-refractivity contribution in [3.8, 4) is 0 Å². The van der Waals surface area contributed by atoms with Gasteiger partial charge in [-0.15, -0.1) is 0 Å². The van der Waals surface area contributed by atoms with Crippen molar-refractivity contribution in [1.29, 1.82) is 0 Å². The summed E-state index contributed by atoms with van der Waals surface area (Å²) in [6.45, 7) is 0.916. The Balaban J connectivity index is 1.56. The number of amides is 1. The zero-order valence-corrected chi connectivity index (χ0v) is 12.2. The van der Waals surface area contributed by atoms with Gasteiger partial charge < -0.3 is 10.4 Å². The number of hydrogen-bond donors (Lipinski definition) is 2. The zero-order chi connectivity index (χ0) is 15.7. The number of carbonyl (C=O) groups is 2. The topological polar surface area (TPSA) is 102 Å². The fraction of sp³-hybridized carbons (Fsp3) is 0.429. The molecule has 8 heteroatoms. The molecule has 2 aromatic heterocycles. The van der Waals surface area contributed by atoms with Crippen LogP contribution < -0.4 is 5.32 Å². The molecule has 0 radical (unpaired) electrons. The van der Waals surface area contributed by atoms with Crippen molar-refractivity contribution in [2.45, 2.75) is 25.3 Å². The van der Waals surface area contributed by atoms with Crippen LogP contribution in [0.5, 0.6) is 0 Å². The van der Waals surface area contributed by atoms with E-state index in [9.17, 15) is 9.59 Å². The Morgan fingerprint density at radius 3 is 2.86 bits per heavy atom. The number of carbonyl (C=O) groups excluding carboxylic acids is 1. The van der Waals surface area contributed by atoms with Gasteiger partial charge >= 0.3 is 5.97 Å². The first kappa shape index (κ1) is 14.3. The molecule has 2 aromatic rings. The number of hydrogen-bond acceptors (Lipinski definition) is 4. The number of nitrogens with zero attached hydrogens (tertiary/aromatic N) is 4. The summed E-state index contributed by atoms with van der Waals surface area (Å²) < 4.78 is 3.10. The summed E-state index contributed by atoms with van der Waals surface area (Å²) in [5.41, 5.74) is 0.927. The lowest BCUT2D eigenvalue weighted by Crippen LogP contribution is -2.28. The van der Waals surface area contributed by atoms with E-state index in [2.05, 4.69) is 15.5 Å². The number of aromatic nitrogens is 4. The second-order valence-electron chi connectivity index (χ2n) is 5.40. The average Bonchev–Trinajstić information content (AvgIpc) is 3.08. The van der Waals surface area contributed by atoms with E-state index in [0.717, 1.165) is 5.69 Å². The minimum Gasteiger partial charge on any atom is -0.476 e. The van der Waals surface area contributed by atoms with Crippen molar-refractivity contribution in [3.05, 3.63) is 35.4 Å². The lowest BCUT2D eigenvalue weighted by atomic mass is 10.2. The van der Waals surface area contributed by atoms with Crippen LogP contribution in [-0.2, 0) is 13.6 Å². The maximum absolute atomic E-state index is 12.0. The second-order valence-corrected chi connectivity index (χ2v) is 5.40. The number of carboxylic acid groups (broad SMARTS) is 1. The van der Waals surface area contributed by atoms with Gasteiger partial charge in [0.15, 0.2) is 5.69 Å². The molecule has 0 atom stereocenters. The van der Waals surface area contributed by atoms with E-state index in [0.29, 0.717) is 19.0 Å². The van der Waals surface area contributed by atoms with Gasteiger partial charge in [0.2, 0.25) is 0 Å². The molecular weight excluding hydrogens is 286 g/mol. The number of nitrogens with one attached hydrogen (secondary N) is 1.